The number of benzene rings is 1. The maximum Gasteiger partial charge on any atom is 0.298 e. The summed E-state index contributed by atoms with van der Waals surface area (Å²) in [6, 6.07) is 8.55. The van der Waals surface area contributed by atoms with Crippen molar-refractivity contribution in [1.29, 1.82) is 0 Å². The van der Waals surface area contributed by atoms with E-state index in [2.05, 4.69) is 19.7 Å². The highest BCUT2D eigenvalue weighted by atomic mass is 32.2. The lowest BCUT2D eigenvalue weighted by molar-refractivity contribution is 0.537. The van der Waals surface area contributed by atoms with Crippen LogP contribution in [0.3, 0.4) is 0 Å². The van der Waals surface area contributed by atoms with Crippen LogP contribution in [0.1, 0.15) is 25.0 Å². The molecule has 162 valence electrons. The average molecular weight is 439 g/mol. The molecule has 3 aliphatic heterocycles. The van der Waals surface area contributed by atoms with Gasteiger partial charge >= 0.3 is 0 Å². The Hall–Kier alpha value is -2.68. The number of para-hydroxylation sites is 2. The number of nitrogens with zero attached hydrogens (tertiary/aromatic N) is 6. The van der Waals surface area contributed by atoms with Crippen LogP contribution in [0.2, 0.25) is 0 Å². The normalized spacial score (nSPS) is 21.7. The van der Waals surface area contributed by atoms with Crippen molar-refractivity contribution in [2.45, 2.75) is 30.6 Å². The van der Waals surface area contributed by atoms with Crippen molar-refractivity contribution in [1.82, 2.24) is 15.0 Å². The number of fused-ring (bicyclic) bond motifs is 2. The minimum atomic E-state index is -0.977. The maximum absolute atomic E-state index is 12.7. The van der Waals surface area contributed by atoms with E-state index in [1.165, 1.54) is 19.3 Å². The molecule has 9 heteroatoms. The van der Waals surface area contributed by atoms with E-state index in [4.69, 9.17) is 14.4 Å². The van der Waals surface area contributed by atoms with Crippen molar-refractivity contribution in [2.75, 3.05) is 59.7 Å². The third kappa shape index (κ3) is 3.44. The summed E-state index contributed by atoms with van der Waals surface area (Å²) in [5.41, 5.74) is 2.69. The van der Waals surface area contributed by atoms with Crippen molar-refractivity contribution in [3.63, 3.8) is 0 Å². The fourth-order valence-electron chi connectivity index (χ4n) is 4.72. The Morgan fingerprint density at radius 1 is 0.839 bits per heavy atom. The SMILES string of the molecule is O=[S@@]1CCc2nc(N3CCN(c4nc5ccccc5o4)CC3)nc(N3CCCCC3)c21. The molecule has 1 atom stereocenters. The number of oxazole rings is 1. The number of aromatic nitrogens is 3. The fraction of sp³-hybridized carbons (Fsp3) is 0.500. The number of hydrogen-bond acceptors (Lipinski definition) is 8. The molecule has 0 N–H and O–H groups in total. The standard InChI is InChI=1S/C22H26N6O2S/c29-31-15-8-17-19(31)20(26-9-4-1-5-10-26)25-21(23-17)27-11-13-28(14-12-27)22-24-16-6-2-3-7-18(16)30-22/h2-3,6-7H,1,4-5,8-15H2/t31-/m1/s1. The molecule has 5 heterocycles. The van der Waals surface area contributed by atoms with Gasteiger partial charge in [0.1, 0.15) is 10.4 Å². The Labute approximate surface area is 183 Å². The molecular formula is C22H26N6O2S. The highest BCUT2D eigenvalue weighted by molar-refractivity contribution is 7.85. The van der Waals surface area contributed by atoms with Crippen molar-refractivity contribution in [2.24, 2.45) is 0 Å². The van der Waals surface area contributed by atoms with Crippen LogP contribution in [0.25, 0.3) is 11.1 Å². The van der Waals surface area contributed by atoms with Gasteiger partial charge in [-0.05, 0) is 31.4 Å². The average Bonchev–Trinajstić information content (AvgIpc) is 3.43. The first kappa shape index (κ1) is 19.0. The van der Waals surface area contributed by atoms with Crippen molar-refractivity contribution >= 4 is 39.7 Å². The van der Waals surface area contributed by atoms with E-state index in [0.29, 0.717) is 11.8 Å². The Morgan fingerprint density at radius 2 is 1.61 bits per heavy atom. The molecule has 2 saturated heterocycles. The summed E-state index contributed by atoms with van der Waals surface area (Å²) in [7, 11) is -0.977. The van der Waals surface area contributed by atoms with Crippen LogP contribution in [0, 0.1) is 0 Å². The van der Waals surface area contributed by atoms with Gasteiger partial charge in [0, 0.05) is 51.4 Å². The third-order valence-electron chi connectivity index (χ3n) is 6.43. The number of hydrogen-bond donors (Lipinski definition) is 0. The maximum atomic E-state index is 12.7. The molecule has 0 unspecified atom stereocenters. The second-order valence-corrected chi connectivity index (χ2v) is 9.92. The zero-order chi connectivity index (χ0) is 20.8. The van der Waals surface area contributed by atoms with Gasteiger partial charge in [0.2, 0.25) is 5.95 Å². The molecule has 0 bridgehead atoms. The van der Waals surface area contributed by atoms with Gasteiger partial charge in [-0.15, -0.1) is 0 Å². The quantitative estimate of drug-likeness (QED) is 0.618. The van der Waals surface area contributed by atoms with Gasteiger partial charge in [0.15, 0.2) is 11.4 Å². The van der Waals surface area contributed by atoms with Crippen LogP contribution in [-0.4, -0.2) is 64.2 Å². The molecular weight excluding hydrogens is 412 g/mol. The first-order valence-corrected chi connectivity index (χ1v) is 12.5. The van der Waals surface area contributed by atoms with Gasteiger partial charge in [-0.3, -0.25) is 4.21 Å². The smallest absolute Gasteiger partial charge is 0.298 e. The van der Waals surface area contributed by atoms with Gasteiger partial charge in [0.05, 0.1) is 16.5 Å². The summed E-state index contributed by atoms with van der Waals surface area (Å²) in [5.74, 6) is 2.35. The van der Waals surface area contributed by atoms with E-state index in [1.54, 1.807) is 0 Å². The number of anilines is 3. The highest BCUT2D eigenvalue weighted by Gasteiger charge is 2.31. The second kappa shape index (κ2) is 7.78. The van der Waals surface area contributed by atoms with E-state index in [0.717, 1.165) is 79.1 Å². The van der Waals surface area contributed by atoms with Gasteiger partial charge in [-0.25, -0.2) is 4.98 Å². The van der Waals surface area contributed by atoms with Gasteiger partial charge in [0.25, 0.3) is 6.01 Å². The van der Waals surface area contributed by atoms with Crippen LogP contribution < -0.4 is 14.7 Å². The van der Waals surface area contributed by atoms with Crippen molar-refractivity contribution in [3.8, 4) is 0 Å². The van der Waals surface area contributed by atoms with Gasteiger partial charge in [-0.1, -0.05) is 12.1 Å². The van der Waals surface area contributed by atoms with Gasteiger partial charge < -0.3 is 19.1 Å². The predicted molar refractivity (Wildman–Crippen MR) is 122 cm³/mol. The Morgan fingerprint density at radius 3 is 2.42 bits per heavy atom. The fourth-order valence-corrected chi connectivity index (χ4v) is 6.09. The van der Waals surface area contributed by atoms with E-state index < -0.39 is 10.8 Å². The van der Waals surface area contributed by atoms with Crippen LogP contribution >= 0.6 is 0 Å². The molecule has 0 saturated carbocycles. The molecule has 0 spiro atoms. The number of piperazine rings is 1. The topological polar surface area (TPSA) is 78.6 Å². The minimum Gasteiger partial charge on any atom is -0.423 e. The zero-order valence-electron chi connectivity index (χ0n) is 17.5. The summed E-state index contributed by atoms with van der Waals surface area (Å²) in [6.45, 7) is 5.20. The van der Waals surface area contributed by atoms with E-state index in [-0.39, 0.29) is 0 Å². The minimum absolute atomic E-state index is 0.666. The molecule has 3 aliphatic rings. The van der Waals surface area contributed by atoms with E-state index >= 15 is 0 Å². The largest absolute Gasteiger partial charge is 0.423 e. The molecule has 8 nitrogen and oxygen atoms in total. The highest BCUT2D eigenvalue weighted by Crippen LogP contribution is 2.34. The molecule has 2 aromatic heterocycles. The molecule has 0 aliphatic carbocycles. The van der Waals surface area contributed by atoms with Gasteiger partial charge in [-0.2, -0.15) is 9.97 Å². The second-order valence-electron chi connectivity index (χ2n) is 8.41. The molecule has 6 rings (SSSR count). The van der Waals surface area contributed by atoms with E-state index in [9.17, 15) is 4.21 Å². The number of piperidine rings is 1. The Kier molecular flexibility index (Phi) is 4.78. The third-order valence-corrected chi connectivity index (χ3v) is 7.88. The van der Waals surface area contributed by atoms with E-state index in [1.807, 2.05) is 24.3 Å². The number of rotatable bonds is 3. The number of aryl methyl sites for hydroxylation is 1. The molecule has 0 amide bonds. The predicted octanol–water partition coefficient (Wildman–Crippen LogP) is 2.60. The summed E-state index contributed by atoms with van der Waals surface area (Å²) >= 11 is 0. The summed E-state index contributed by atoms with van der Waals surface area (Å²) < 4.78 is 18.6. The molecule has 0 radical (unpaired) electrons. The monoisotopic (exact) mass is 438 g/mol. The van der Waals surface area contributed by atoms with Crippen molar-refractivity contribution in [3.05, 3.63) is 30.0 Å². The first-order chi connectivity index (χ1) is 15.3. The van der Waals surface area contributed by atoms with Crippen LogP contribution in [0.15, 0.2) is 33.6 Å². The zero-order valence-corrected chi connectivity index (χ0v) is 18.3. The van der Waals surface area contributed by atoms with Crippen LogP contribution in [0.5, 0.6) is 0 Å². The molecule has 3 aromatic rings. The Balaban J connectivity index is 1.24. The van der Waals surface area contributed by atoms with Crippen LogP contribution in [0.4, 0.5) is 17.8 Å². The summed E-state index contributed by atoms with van der Waals surface area (Å²) in [6.07, 6.45) is 4.38. The van der Waals surface area contributed by atoms with Crippen LogP contribution in [-0.2, 0) is 17.2 Å². The molecule has 1 aromatic carbocycles. The first-order valence-electron chi connectivity index (χ1n) is 11.2. The van der Waals surface area contributed by atoms with Crippen molar-refractivity contribution < 1.29 is 8.63 Å². The Bertz CT molecular complexity index is 1100. The lowest BCUT2D eigenvalue weighted by Crippen LogP contribution is -2.47. The molecule has 31 heavy (non-hydrogen) atoms. The lowest BCUT2D eigenvalue weighted by atomic mass is 10.1. The summed E-state index contributed by atoms with van der Waals surface area (Å²) in [5, 5.41) is 0. The molecule has 2 fully saturated rings. The lowest BCUT2D eigenvalue weighted by Gasteiger charge is -2.35. The summed E-state index contributed by atoms with van der Waals surface area (Å²) in [4.78, 5) is 22.1.